The van der Waals surface area contributed by atoms with Crippen LogP contribution in [0.15, 0.2) is 42.1 Å². The summed E-state index contributed by atoms with van der Waals surface area (Å²) in [6, 6.07) is 11.4. The summed E-state index contributed by atoms with van der Waals surface area (Å²) in [7, 11) is 1.81. The van der Waals surface area contributed by atoms with Crippen LogP contribution in [0.25, 0.3) is 5.57 Å². The molecule has 2 aromatic rings. The normalized spacial score (nSPS) is 21.8. The van der Waals surface area contributed by atoms with Crippen molar-refractivity contribution in [3.63, 3.8) is 0 Å². The van der Waals surface area contributed by atoms with Crippen LogP contribution in [0.1, 0.15) is 30.3 Å². The second-order valence-electron chi connectivity index (χ2n) is 7.17. The van der Waals surface area contributed by atoms with Gasteiger partial charge in [0.1, 0.15) is 0 Å². The molecule has 0 aliphatic carbocycles. The second-order valence-corrected chi connectivity index (χ2v) is 7.17. The molecule has 7 nitrogen and oxygen atoms in total. The van der Waals surface area contributed by atoms with Gasteiger partial charge in [0, 0.05) is 24.7 Å². The molecule has 1 fully saturated rings. The minimum absolute atomic E-state index is 0. The first-order valence-corrected chi connectivity index (χ1v) is 8.91. The third kappa shape index (κ3) is 3.33. The number of hydrogen-bond acceptors (Lipinski definition) is 5. The summed E-state index contributed by atoms with van der Waals surface area (Å²) in [6.07, 6.45) is 0.200. The predicted octanol–water partition coefficient (Wildman–Crippen LogP) is -2.91. The molecule has 1 saturated heterocycles. The van der Waals surface area contributed by atoms with Crippen molar-refractivity contribution in [2.45, 2.75) is 31.9 Å². The summed E-state index contributed by atoms with van der Waals surface area (Å²) in [4.78, 5) is 25.3. The molecule has 1 aromatic heterocycles. The average Bonchev–Trinajstić information content (AvgIpc) is 3.14. The molecule has 28 heavy (non-hydrogen) atoms. The SMILES string of the molecule is C[C@@H](O)[C@H]1C(=O)N2C(C(=O)[O-])=C(c3cc(Cc4ccccc4)n(C)n3)C[C@H]12.[Na+]. The van der Waals surface area contributed by atoms with Crippen LogP contribution in [-0.4, -0.2) is 43.8 Å². The van der Waals surface area contributed by atoms with Crippen LogP contribution in [0.4, 0.5) is 0 Å². The first-order chi connectivity index (χ1) is 12.9. The van der Waals surface area contributed by atoms with Crippen molar-refractivity contribution < 1.29 is 49.4 Å². The van der Waals surface area contributed by atoms with Crippen LogP contribution in [0.2, 0.25) is 0 Å². The second kappa shape index (κ2) is 7.83. The van der Waals surface area contributed by atoms with Crippen LogP contribution in [0.5, 0.6) is 0 Å². The van der Waals surface area contributed by atoms with E-state index in [0.29, 0.717) is 24.1 Å². The minimum Gasteiger partial charge on any atom is -0.543 e. The van der Waals surface area contributed by atoms with Gasteiger partial charge in [-0.3, -0.25) is 9.48 Å². The van der Waals surface area contributed by atoms with E-state index in [4.69, 9.17) is 0 Å². The van der Waals surface area contributed by atoms with E-state index in [1.54, 1.807) is 11.6 Å². The van der Waals surface area contributed by atoms with Gasteiger partial charge in [-0.1, -0.05) is 30.3 Å². The number of aromatic nitrogens is 2. The summed E-state index contributed by atoms with van der Waals surface area (Å²) >= 11 is 0. The Morgan fingerprint density at radius 1 is 1.36 bits per heavy atom. The Kier molecular flexibility index (Phi) is 5.82. The number of aliphatic carboxylic acids is 1. The molecule has 1 N–H and O–H groups in total. The van der Waals surface area contributed by atoms with Gasteiger partial charge in [0.15, 0.2) is 0 Å². The Morgan fingerprint density at radius 3 is 2.64 bits per heavy atom. The van der Waals surface area contributed by atoms with Gasteiger partial charge in [0.05, 0.1) is 35.4 Å². The van der Waals surface area contributed by atoms with E-state index in [0.717, 1.165) is 11.3 Å². The van der Waals surface area contributed by atoms with Crippen molar-refractivity contribution in [3.05, 3.63) is 59.0 Å². The topological polar surface area (TPSA) is 98.5 Å². The van der Waals surface area contributed by atoms with Gasteiger partial charge < -0.3 is 19.9 Å². The van der Waals surface area contributed by atoms with Crippen LogP contribution >= 0.6 is 0 Å². The molecule has 2 aliphatic rings. The maximum Gasteiger partial charge on any atom is 1.00 e. The maximum absolute atomic E-state index is 12.3. The third-order valence-corrected chi connectivity index (χ3v) is 5.44. The first kappa shape index (κ1) is 20.8. The number of aliphatic hydroxyl groups is 1. The van der Waals surface area contributed by atoms with Crippen molar-refractivity contribution >= 4 is 17.4 Å². The molecule has 0 saturated carbocycles. The van der Waals surface area contributed by atoms with E-state index in [1.165, 1.54) is 4.90 Å². The minimum atomic E-state index is -1.39. The zero-order valence-electron chi connectivity index (χ0n) is 16.1. The van der Waals surface area contributed by atoms with E-state index in [-0.39, 0.29) is 47.2 Å². The fourth-order valence-electron chi connectivity index (χ4n) is 4.11. The fourth-order valence-corrected chi connectivity index (χ4v) is 4.11. The summed E-state index contributed by atoms with van der Waals surface area (Å²) in [5, 5.41) is 26.0. The molecule has 0 spiro atoms. The van der Waals surface area contributed by atoms with Crippen molar-refractivity contribution in [1.82, 2.24) is 14.7 Å². The summed E-state index contributed by atoms with van der Waals surface area (Å²) in [6.45, 7) is 1.55. The van der Waals surface area contributed by atoms with Gasteiger partial charge in [-0.05, 0) is 25.0 Å². The van der Waals surface area contributed by atoms with Crippen molar-refractivity contribution in [2.75, 3.05) is 0 Å². The number of benzene rings is 1. The smallest absolute Gasteiger partial charge is 0.543 e. The largest absolute Gasteiger partial charge is 1.00 e. The third-order valence-electron chi connectivity index (χ3n) is 5.44. The Balaban J connectivity index is 0.00000225. The van der Waals surface area contributed by atoms with Crippen molar-refractivity contribution in [3.8, 4) is 0 Å². The van der Waals surface area contributed by atoms with Gasteiger partial charge >= 0.3 is 29.6 Å². The molecule has 2 aliphatic heterocycles. The van der Waals surface area contributed by atoms with Crippen LogP contribution in [0, 0.1) is 5.92 Å². The number of aryl methyl sites for hydroxylation is 1. The molecule has 0 radical (unpaired) electrons. The number of rotatable bonds is 5. The maximum atomic E-state index is 12.3. The Hall–Kier alpha value is -1.93. The van der Waals surface area contributed by atoms with Gasteiger partial charge in [-0.25, -0.2) is 0 Å². The Morgan fingerprint density at radius 2 is 2.04 bits per heavy atom. The predicted molar refractivity (Wildman–Crippen MR) is 94.8 cm³/mol. The number of aliphatic hydroxyl groups excluding tert-OH is 1. The molecule has 1 aromatic carbocycles. The molecule has 3 heterocycles. The molecule has 1 amide bonds. The van der Waals surface area contributed by atoms with E-state index >= 15 is 0 Å². The number of carboxylic acids is 1. The van der Waals surface area contributed by atoms with E-state index < -0.39 is 18.0 Å². The number of carboxylic acid groups (broad SMARTS) is 1. The standard InChI is InChI=1S/C20H21N3O4.Na/c1-11(24)17-16-10-14(18(20(26)27)23(16)19(17)25)15-9-13(22(2)21-15)8-12-6-4-3-5-7-12;/h3-7,9,11,16-17,24H,8,10H2,1-2H3,(H,26,27);/q;+1/p-1/t11-,16-,17-;/m1./s1. The number of carbonyl (C=O) groups is 2. The number of carbonyl (C=O) groups excluding carboxylic acids is 2. The summed E-state index contributed by atoms with van der Waals surface area (Å²) < 4.78 is 1.73. The van der Waals surface area contributed by atoms with E-state index in [2.05, 4.69) is 5.10 Å². The summed E-state index contributed by atoms with van der Waals surface area (Å²) in [5.41, 5.74) is 2.97. The first-order valence-electron chi connectivity index (χ1n) is 8.91. The van der Waals surface area contributed by atoms with Crippen molar-refractivity contribution in [2.24, 2.45) is 13.0 Å². The van der Waals surface area contributed by atoms with Gasteiger partial charge in [-0.2, -0.15) is 5.10 Å². The van der Waals surface area contributed by atoms with E-state index in [1.807, 2.05) is 43.4 Å². The average molecular weight is 389 g/mol. The molecule has 140 valence electrons. The van der Waals surface area contributed by atoms with Gasteiger partial charge in [0.2, 0.25) is 5.91 Å². The number of amides is 1. The monoisotopic (exact) mass is 389 g/mol. The molecule has 4 rings (SSSR count). The van der Waals surface area contributed by atoms with E-state index in [9.17, 15) is 19.8 Å². The number of nitrogens with zero attached hydrogens (tertiary/aromatic N) is 3. The van der Waals surface area contributed by atoms with Gasteiger partial charge in [-0.15, -0.1) is 0 Å². The number of hydrogen-bond donors (Lipinski definition) is 1. The van der Waals surface area contributed by atoms with Crippen LogP contribution < -0.4 is 34.7 Å². The fraction of sp³-hybridized carbons (Fsp3) is 0.350. The van der Waals surface area contributed by atoms with Crippen molar-refractivity contribution in [1.29, 1.82) is 0 Å². The molecular weight excluding hydrogens is 369 g/mol. The number of β-lactam (4-membered cyclic amide) rings is 1. The molecule has 0 unspecified atom stereocenters. The Bertz CT molecular complexity index is 952. The number of fused-ring (bicyclic) bond motifs is 1. The van der Waals surface area contributed by atoms with Gasteiger partial charge in [0.25, 0.3) is 0 Å². The molecule has 0 bridgehead atoms. The Labute approximate surface area is 184 Å². The summed E-state index contributed by atoms with van der Waals surface area (Å²) in [5.74, 6) is -2.34. The molecular formula is C20H20N3NaO4. The molecule has 8 heteroatoms. The quantitative estimate of drug-likeness (QED) is 0.437. The van der Waals surface area contributed by atoms with Crippen LogP contribution in [-0.2, 0) is 23.1 Å². The zero-order chi connectivity index (χ0) is 19.3. The van der Waals surface area contributed by atoms with Crippen LogP contribution in [0.3, 0.4) is 0 Å². The zero-order valence-corrected chi connectivity index (χ0v) is 18.1. The molecule has 3 atom stereocenters.